The average molecular weight is 1030 g/mol. The van der Waals surface area contributed by atoms with Gasteiger partial charge in [0.1, 0.15) is 0 Å². The van der Waals surface area contributed by atoms with Crippen LogP contribution in [0, 0.1) is 45.3 Å². The number of carboxylic acid groups (broad SMARTS) is 4. The van der Waals surface area contributed by atoms with Crippen LogP contribution < -0.4 is 0 Å². The maximum Gasteiger partial charge on any atom is 0.309 e. The molecular weight excluding hydrogens is 913 g/mol. The normalized spacial score (nSPS) is 12.3. The molecule has 0 aliphatic heterocycles. The van der Waals surface area contributed by atoms with Gasteiger partial charge in [0.25, 0.3) is 0 Å². The molecule has 0 spiro atoms. The fraction of sp³-hybridized carbons (Fsp3) is 0.800. The molecule has 0 aliphatic carbocycles. The Morgan fingerprint density at radius 3 is 1.01 bits per heavy atom. The minimum absolute atomic E-state index is 0.181. The summed E-state index contributed by atoms with van der Waals surface area (Å²) in [5.41, 5.74) is 0.291. The summed E-state index contributed by atoms with van der Waals surface area (Å²) in [5, 5.41) is 68.3. The van der Waals surface area contributed by atoms with Crippen LogP contribution in [-0.2, 0) is 19.2 Å². The summed E-state index contributed by atoms with van der Waals surface area (Å²) in [5.74, 6) is 0.175. The smallest absolute Gasteiger partial charge is 0.309 e. The number of rotatable bonds is 28. The van der Waals surface area contributed by atoms with Crippen LogP contribution >= 0.6 is 0 Å². The Kier molecular flexibility index (Phi) is 59.6. The molecule has 0 fully saturated rings. The Morgan fingerprint density at radius 1 is 0.417 bits per heavy atom. The van der Waals surface area contributed by atoms with Crippen molar-refractivity contribution in [1.29, 1.82) is 0 Å². The first-order chi connectivity index (χ1) is 32.6. The van der Waals surface area contributed by atoms with Crippen LogP contribution in [0.15, 0.2) is 49.4 Å². The van der Waals surface area contributed by atoms with Gasteiger partial charge in [0.15, 0.2) is 0 Å². The van der Waals surface area contributed by atoms with Crippen LogP contribution in [0.4, 0.5) is 0 Å². The molecule has 0 aliphatic rings. The van der Waals surface area contributed by atoms with E-state index in [1.54, 1.807) is 20.8 Å². The number of allylic oxidation sites excluding steroid dienone is 4. The van der Waals surface area contributed by atoms with Gasteiger partial charge in [0.05, 0.1) is 34.4 Å². The molecule has 0 saturated carbocycles. The third-order valence-corrected chi connectivity index (χ3v) is 13.1. The largest absolute Gasteiger partial charge is 0.513 e. The Bertz CT molecular complexity index is 1390. The fourth-order valence-corrected chi connectivity index (χ4v) is 4.55. The van der Waals surface area contributed by atoms with Crippen molar-refractivity contribution in [2.75, 3.05) is 0 Å². The summed E-state index contributed by atoms with van der Waals surface area (Å²) in [4.78, 5) is 40.4. The van der Waals surface area contributed by atoms with Gasteiger partial charge in [-0.25, -0.2) is 0 Å². The molecule has 12 heteroatoms. The molecular formula is C60H120O12. The van der Waals surface area contributed by atoms with E-state index < -0.39 is 29.3 Å². The van der Waals surface area contributed by atoms with E-state index in [1.807, 2.05) is 13.8 Å². The number of carboxylic acids is 4. The van der Waals surface area contributed by atoms with Crippen molar-refractivity contribution in [2.45, 2.75) is 267 Å². The highest BCUT2D eigenvalue weighted by atomic mass is 16.4. The van der Waals surface area contributed by atoms with E-state index in [1.165, 1.54) is 25.7 Å². The van der Waals surface area contributed by atoms with Crippen molar-refractivity contribution < 1.29 is 60.0 Å². The minimum atomic E-state index is -0.722. The van der Waals surface area contributed by atoms with Crippen LogP contribution in [0.2, 0.25) is 0 Å². The lowest BCUT2D eigenvalue weighted by molar-refractivity contribution is -0.147. The van der Waals surface area contributed by atoms with E-state index in [2.05, 4.69) is 130 Å². The third kappa shape index (κ3) is 80.1. The number of hydrogen-bond donors (Lipinski definition) is 8. The highest BCUT2D eigenvalue weighted by Crippen LogP contribution is 2.28. The third-order valence-electron chi connectivity index (χ3n) is 13.1. The Hall–Kier alpha value is -3.96. The molecule has 0 aromatic carbocycles. The molecule has 0 aromatic heterocycles. The number of carbonyl (C=O) groups is 4. The molecule has 4 unspecified atom stereocenters. The van der Waals surface area contributed by atoms with Crippen LogP contribution in [0.3, 0.4) is 0 Å². The van der Waals surface area contributed by atoms with E-state index in [0.29, 0.717) is 66.0 Å². The van der Waals surface area contributed by atoms with Crippen molar-refractivity contribution in [1.82, 2.24) is 0 Å². The lowest BCUT2D eigenvalue weighted by Gasteiger charge is -2.21. The Morgan fingerprint density at radius 2 is 0.792 bits per heavy atom. The number of hydrogen-bond acceptors (Lipinski definition) is 8. The van der Waals surface area contributed by atoms with Gasteiger partial charge in [-0.15, -0.1) is 0 Å². The quantitative estimate of drug-likeness (QED) is 0.0342. The fourth-order valence-electron chi connectivity index (χ4n) is 4.55. The van der Waals surface area contributed by atoms with Crippen LogP contribution in [-0.4, -0.2) is 64.7 Å². The molecule has 0 radical (unpaired) electrons. The Labute approximate surface area is 444 Å². The molecule has 0 saturated heterocycles. The second-order valence-corrected chi connectivity index (χ2v) is 22.5. The topological polar surface area (TPSA) is 230 Å². The predicted octanol–water partition coefficient (Wildman–Crippen LogP) is 19.1. The van der Waals surface area contributed by atoms with Gasteiger partial charge in [-0.05, 0) is 92.8 Å². The molecule has 432 valence electrons. The van der Waals surface area contributed by atoms with Crippen LogP contribution in [0.5, 0.6) is 0 Å². The molecule has 0 bridgehead atoms. The van der Waals surface area contributed by atoms with Crippen molar-refractivity contribution in [3.8, 4) is 0 Å². The van der Waals surface area contributed by atoms with Gasteiger partial charge in [0.2, 0.25) is 0 Å². The van der Waals surface area contributed by atoms with E-state index in [-0.39, 0.29) is 16.7 Å². The van der Waals surface area contributed by atoms with Crippen molar-refractivity contribution in [2.24, 2.45) is 45.3 Å². The zero-order chi connectivity index (χ0) is 59.1. The van der Waals surface area contributed by atoms with E-state index >= 15 is 0 Å². The number of aliphatic hydroxyl groups excluding tert-OH is 4. The summed E-state index contributed by atoms with van der Waals surface area (Å²) in [6.07, 6.45) is 17.8. The maximum atomic E-state index is 10.3. The SMILES string of the molecule is C=C(O)CC(C)(C)CC.C=C(O)CC(C)CC.C=C(O)CCCC(C)(C)CC.C=C(O)CCCC(C)CC.CCC(C)(C)C(=O)O.CCC(C)(C)CCC(=O)O.CCC(C)C(=O)O.CCC(C)CCC(=O)O. The maximum absolute atomic E-state index is 10.3. The average Bonchev–Trinajstić information content (AvgIpc) is 3.27. The summed E-state index contributed by atoms with van der Waals surface area (Å²) in [6.45, 7) is 54.7. The number of aliphatic carboxylic acids is 4. The highest BCUT2D eigenvalue weighted by Gasteiger charge is 2.23. The zero-order valence-corrected chi connectivity index (χ0v) is 50.5. The van der Waals surface area contributed by atoms with Gasteiger partial charge in [0, 0.05) is 38.5 Å². The molecule has 0 amide bonds. The predicted molar refractivity (Wildman–Crippen MR) is 307 cm³/mol. The summed E-state index contributed by atoms with van der Waals surface area (Å²) < 4.78 is 0. The molecule has 4 atom stereocenters. The van der Waals surface area contributed by atoms with Crippen molar-refractivity contribution in [3.63, 3.8) is 0 Å². The van der Waals surface area contributed by atoms with Gasteiger partial charge >= 0.3 is 23.9 Å². The van der Waals surface area contributed by atoms with E-state index in [0.717, 1.165) is 83.0 Å². The summed E-state index contributed by atoms with van der Waals surface area (Å²) in [7, 11) is 0. The van der Waals surface area contributed by atoms with Gasteiger partial charge in [-0.2, -0.15) is 0 Å². The van der Waals surface area contributed by atoms with E-state index in [4.69, 9.17) is 40.9 Å². The van der Waals surface area contributed by atoms with Crippen molar-refractivity contribution in [3.05, 3.63) is 49.4 Å². The first-order valence-corrected chi connectivity index (χ1v) is 27.0. The lowest BCUT2D eigenvalue weighted by atomic mass is 9.85. The van der Waals surface area contributed by atoms with Crippen LogP contribution in [0.25, 0.3) is 0 Å². The Balaban J connectivity index is -0.000000109. The molecule has 0 heterocycles. The van der Waals surface area contributed by atoms with E-state index in [9.17, 15) is 19.2 Å². The minimum Gasteiger partial charge on any atom is -0.513 e. The van der Waals surface area contributed by atoms with Crippen molar-refractivity contribution >= 4 is 23.9 Å². The summed E-state index contributed by atoms with van der Waals surface area (Å²) in [6, 6.07) is 0. The lowest BCUT2D eigenvalue weighted by Crippen LogP contribution is -2.21. The van der Waals surface area contributed by atoms with Crippen LogP contribution in [0.1, 0.15) is 267 Å². The van der Waals surface area contributed by atoms with Gasteiger partial charge < -0.3 is 40.9 Å². The zero-order valence-electron chi connectivity index (χ0n) is 50.5. The molecule has 12 nitrogen and oxygen atoms in total. The standard InChI is InChI=1S/C10H20O.C9H18O.C8H16O2.C8H16O.C7H14O2.C7H14O.C6H12O2.C5H10O2/c1-5-10(3,4)8-6-7-9(2)11;1-4-8(2)6-5-7-9(3)10;1-4-8(2,3)6-5-7(9)10;1-5-8(3,4)6-7(2)9;1-3-6(2)4-5-7(8)9;1-4-6(2)5-7(3)8;1-4-6(2,3)5(7)8;1-3-4(2)5(6)7/h11H,2,5-8H2,1,3-4H3;8,10H,3-7H2,1-2H3;4-6H2,1-3H3,(H,9,10);9H,2,5-6H2,1,3-4H3;6H,3-5H2,1-2H3,(H,8,9);6,8H,3-5H2,1-2H3;4H2,1-3H3,(H,7,8);4H,3H2,1-2H3,(H,6,7). The van der Waals surface area contributed by atoms with Gasteiger partial charge in [-0.1, -0.05) is 196 Å². The number of aliphatic hydroxyl groups is 4. The van der Waals surface area contributed by atoms with Gasteiger partial charge in [-0.3, -0.25) is 19.2 Å². The second kappa shape index (κ2) is 50.6. The molecule has 8 N–H and O–H groups in total. The molecule has 0 rings (SSSR count). The first kappa shape index (κ1) is 84.8. The second-order valence-electron chi connectivity index (χ2n) is 22.5. The first-order valence-electron chi connectivity index (χ1n) is 27.0. The summed E-state index contributed by atoms with van der Waals surface area (Å²) >= 11 is 0. The monoisotopic (exact) mass is 1030 g/mol. The molecule has 72 heavy (non-hydrogen) atoms. The molecule has 0 aromatic rings. The highest BCUT2D eigenvalue weighted by molar-refractivity contribution is 5.73.